The summed E-state index contributed by atoms with van der Waals surface area (Å²) < 4.78 is 45.2. The van der Waals surface area contributed by atoms with Gasteiger partial charge in [-0.2, -0.15) is 0 Å². The monoisotopic (exact) mass is 501 g/mol. The second kappa shape index (κ2) is 10.4. The smallest absolute Gasteiger partial charge is 0.311 e. The van der Waals surface area contributed by atoms with E-state index in [-0.39, 0.29) is 40.4 Å². The lowest BCUT2D eigenvalue weighted by atomic mass is 10.1. The number of hydrogen-bond acceptors (Lipinski definition) is 4. The molecule has 1 fully saturated rings. The van der Waals surface area contributed by atoms with Crippen LogP contribution in [-0.2, 0) is 27.6 Å². The first-order chi connectivity index (χ1) is 15.6. The predicted molar refractivity (Wildman–Crippen MR) is 118 cm³/mol. The zero-order valence-corrected chi connectivity index (χ0v) is 19.4. The third-order valence-electron chi connectivity index (χ3n) is 5.10. The Morgan fingerprint density at radius 2 is 1.82 bits per heavy atom. The molecule has 13 heteroatoms. The Bertz CT molecular complexity index is 1100. The number of nitrogens with one attached hydrogen (secondary N) is 3. The van der Waals surface area contributed by atoms with Crippen LogP contribution in [0.1, 0.15) is 23.3 Å². The number of halogens is 3. The molecule has 3 rings (SSSR count). The van der Waals surface area contributed by atoms with Crippen LogP contribution in [-0.4, -0.2) is 57.6 Å². The molecule has 0 spiro atoms. The minimum Gasteiger partial charge on any atom is -0.351 e. The molecule has 1 aliphatic heterocycles. The molecule has 0 aliphatic carbocycles. The van der Waals surface area contributed by atoms with Crippen LogP contribution in [0.15, 0.2) is 29.3 Å². The summed E-state index contributed by atoms with van der Waals surface area (Å²) >= 11 is 5.77. The molecule has 9 nitrogen and oxygen atoms in total. The Kier molecular flexibility index (Phi) is 7.82. The van der Waals surface area contributed by atoms with Gasteiger partial charge in [0.1, 0.15) is 27.4 Å². The number of nitrogens with zero attached hydrogens (tertiary/aromatic N) is 2. The lowest BCUT2D eigenvalue weighted by molar-refractivity contribution is -0.146. The molecule has 1 aromatic carbocycles. The van der Waals surface area contributed by atoms with Gasteiger partial charge in [0.15, 0.2) is 5.82 Å². The van der Waals surface area contributed by atoms with Crippen molar-refractivity contribution in [2.45, 2.75) is 23.8 Å². The number of aromatic nitrogens is 1. The minimum atomic E-state index is -1.97. The van der Waals surface area contributed by atoms with Crippen molar-refractivity contribution in [3.05, 3.63) is 46.7 Å². The molecule has 1 aromatic heterocycles. The largest absolute Gasteiger partial charge is 0.351 e. The molecule has 0 bridgehead atoms. The Balaban J connectivity index is 1.65. The number of aryl methyl sites for hydroxylation is 1. The van der Waals surface area contributed by atoms with Crippen molar-refractivity contribution >= 4 is 46.0 Å². The first-order valence-electron chi connectivity index (χ1n) is 9.92. The molecule has 0 saturated carbocycles. The first kappa shape index (κ1) is 24.8. The summed E-state index contributed by atoms with van der Waals surface area (Å²) in [5, 5.41) is 4.71. The van der Waals surface area contributed by atoms with Crippen molar-refractivity contribution < 1.29 is 27.4 Å². The molecular weight excluding hydrogens is 480 g/mol. The fourth-order valence-electron chi connectivity index (χ4n) is 3.44. The second-order valence-corrected chi connectivity index (χ2v) is 9.06. The van der Waals surface area contributed by atoms with E-state index in [4.69, 9.17) is 11.6 Å². The highest BCUT2D eigenvalue weighted by molar-refractivity contribution is 7.83. The van der Waals surface area contributed by atoms with E-state index in [0.29, 0.717) is 12.8 Å². The summed E-state index contributed by atoms with van der Waals surface area (Å²) in [7, 11) is 0.811. The summed E-state index contributed by atoms with van der Waals surface area (Å²) in [5.41, 5.74) is -0.337. The van der Waals surface area contributed by atoms with Crippen molar-refractivity contribution in [3.63, 3.8) is 0 Å². The molecule has 178 valence electrons. The maximum Gasteiger partial charge on any atom is 0.311 e. The molecule has 1 aliphatic rings. The number of carbonyl (C=O) groups is 3. The Labute approximate surface area is 196 Å². The van der Waals surface area contributed by atoms with Gasteiger partial charge in [0.25, 0.3) is 5.91 Å². The summed E-state index contributed by atoms with van der Waals surface area (Å²) in [6.45, 7) is 0.560. The van der Waals surface area contributed by atoms with Gasteiger partial charge in [-0.15, -0.1) is 0 Å². The topological polar surface area (TPSA) is 113 Å². The first-order valence-corrected chi connectivity index (χ1v) is 11.4. The average Bonchev–Trinajstić information content (AvgIpc) is 3.06. The Hall–Kier alpha value is -2.83. The van der Waals surface area contributed by atoms with Crippen LogP contribution in [0.4, 0.5) is 14.5 Å². The zero-order chi connectivity index (χ0) is 24.3. The molecular formula is C20H22ClF2N5O4S. The lowest BCUT2D eigenvalue weighted by Crippen LogP contribution is -2.49. The number of rotatable bonds is 5. The SMILES string of the molecule is CNC(=O)C(=O)N1CCC(NS(=O)c2cn(C)c(C(=O)Nc3cc(F)cc(Cl)c3)c2F)CC1. The maximum absolute atomic E-state index is 15.0. The predicted octanol–water partition coefficient (Wildman–Crippen LogP) is 1.56. The van der Waals surface area contributed by atoms with E-state index in [1.807, 2.05) is 0 Å². The number of amides is 3. The maximum atomic E-state index is 15.0. The highest BCUT2D eigenvalue weighted by Gasteiger charge is 2.29. The van der Waals surface area contributed by atoms with Gasteiger partial charge < -0.3 is 20.1 Å². The highest BCUT2D eigenvalue weighted by atomic mass is 35.5. The van der Waals surface area contributed by atoms with Gasteiger partial charge >= 0.3 is 11.8 Å². The van der Waals surface area contributed by atoms with E-state index in [1.165, 1.54) is 35.8 Å². The quantitative estimate of drug-likeness (QED) is 0.540. The summed E-state index contributed by atoms with van der Waals surface area (Å²) in [4.78, 5) is 37.1. The van der Waals surface area contributed by atoms with Crippen molar-refractivity contribution in [2.75, 3.05) is 25.5 Å². The van der Waals surface area contributed by atoms with E-state index < -0.39 is 40.3 Å². The number of piperidine rings is 1. The van der Waals surface area contributed by atoms with Gasteiger partial charge in [-0.25, -0.2) is 17.7 Å². The normalized spacial score (nSPS) is 15.2. The second-order valence-electron chi connectivity index (χ2n) is 7.41. The van der Waals surface area contributed by atoms with E-state index in [1.54, 1.807) is 0 Å². The van der Waals surface area contributed by atoms with Crippen LogP contribution in [0.5, 0.6) is 0 Å². The number of likely N-dealkylation sites (N-methyl/N-ethyl adjacent to an activating group) is 1. The van der Waals surface area contributed by atoms with E-state index in [9.17, 15) is 27.4 Å². The number of benzene rings is 1. The van der Waals surface area contributed by atoms with E-state index in [0.717, 1.165) is 12.1 Å². The molecule has 0 radical (unpaired) electrons. The van der Waals surface area contributed by atoms with Crippen molar-refractivity contribution in [2.24, 2.45) is 7.05 Å². The van der Waals surface area contributed by atoms with E-state index >= 15 is 0 Å². The Morgan fingerprint density at radius 1 is 1.15 bits per heavy atom. The average molecular weight is 502 g/mol. The number of anilines is 1. The van der Waals surface area contributed by atoms with Crippen LogP contribution >= 0.6 is 11.6 Å². The molecule has 1 atom stereocenters. The lowest BCUT2D eigenvalue weighted by Gasteiger charge is -2.31. The van der Waals surface area contributed by atoms with Crippen LogP contribution in [0, 0.1) is 11.6 Å². The molecule has 3 amide bonds. The summed E-state index contributed by atoms with van der Waals surface area (Å²) in [6, 6.07) is 3.12. The van der Waals surface area contributed by atoms with Gasteiger partial charge in [-0.05, 0) is 31.0 Å². The van der Waals surface area contributed by atoms with Gasteiger partial charge in [-0.3, -0.25) is 14.4 Å². The summed E-state index contributed by atoms with van der Waals surface area (Å²) in [6.07, 6.45) is 2.06. The van der Waals surface area contributed by atoms with Gasteiger partial charge in [0.05, 0.1) is 0 Å². The number of carbonyl (C=O) groups excluding carboxylic acids is 3. The van der Waals surface area contributed by atoms with Gasteiger partial charge in [0, 0.05) is 50.1 Å². The van der Waals surface area contributed by atoms with Crippen LogP contribution in [0.2, 0.25) is 5.02 Å². The molecule has 33 heavy (non-hydrogen) atoms. The number of hydrogen-bond donors (Lipinski definition) is 3. The third kappa shape index (κ3) is 5.75. The van der Waals surface area contributed by atoms with Crippen molar-refractivity contribution in [3.8, 4) is 0 Å². The van der Waals surface area contributed by atoms with Crippen LogP contribution in [0.25, 0.3) is 0 Å². The summed E-state index contributed by atoms with van der Waals surface area (Å²) in [5.74, 6) is -3.85. The molecule has 1 saturated heterocycles. The fourth-order valence-corrected chi connectivity index (χ4v) is 4.84. The molecule has 3 N–H and O–H groups in total. The minimum absolute atomic E-state index is 0.0458. The van der Waals surface area contributed by atoms with Gasteiger partial charge in [-0.1, -0.05) is 11.6 Å². The fraction of sp³-hybridized carbons (Fsp3) is 0.350. The van der Waals surface area contributed by atoms with E-state index in [2.05, 4.69) is 15.4 Å². The van der Waals surface area contributed by atoms with Crippen molar-refractivity contribution in [1.82, 2.24) is 19.5 Å². The number of likely N-dealkylation sites (tertiary alicyclic amines) is 1. The standard InChI is InChI=1S/C20H22ClF2N5O4S/c1-24-19(30)20(31)28-5-3-13(4-6-28)26-33(32)15-10-27(2)17(16(15)23)18(29)25-14-8-11(21)7-12(22)9-14/h7-10,13,26H,3-6H2,1-2H3,(H,24,30)(H,25,29). The van der Waals surface area contributed by atoms with Crippen molar-refractivity contribution in [1.29, 1.82) is 0 Å². The molecule has 2 heterocycles. The Morgan fingerprint density at radius 3 is 2.42 bits per heavy atom. The zero-order valence-electron chi connectivity index (χ0n) is 17.8. The highest BCUT2D eigenvalue weighted by Crippen LogP contribution is 2.23. The third-order valence-corrected chi connectivity index (χ3v) is 6.55. The van der Waals surface area contributed by atoms with Gasteiger partial charge in [0.2, 0.25) is 0 Å². The molecule has 2 aromatic rings. The molecule has 1 unspecified atom stereocenters. The van der Waals surface area contributed by atoms with Crippen LogP contribution < -0.4 is 15.4 Å². The van der Waals surface area contributed by atoms with Crippen LogP contribution in [0.3, 0.4) is 0 Å².